The first-order valence-corrected chi connectivity index (χ1v) is 9.39. The van der Waals surface area contributed by atoms with Crippen LogP contribution in [-0.4, -0.2) is 50.8 Å². The number of hydrogen-bond acceptors (Lipinski definition) is 7. The molecule has 152 valence electrons. The van der Waals surface area contributed by atoms with Crippen LogP contribution >= 0.6 is 0 Å². The van der Waals surface area contributed by atoms with Gasteiger partial charge in [-0.2, -0.15) is 0 Å². The SMILES string of the molecule is CNc1ncc(-c2nc3ccc(OC)cn3n2)c2cc(NC(=O)[C@@H]3C[C@@H]3F)ncc12. The first-order chi connectivity index (χ1) is 14.6. The van der Waals surface area contributed by atoms with Crippen molar-refractivity contribution in [3.8, 4) is 17.1 Å². The number of aromatic nitrogens is 5. The minimum absolute atomic E-state index is 0.257. The maximum atomic E-state index is 13.2. The van der Waals surface area contributed by atoms with E-state index in [4.69, 9.17) is 4.74 Å². The number of methoxy groups -OCH3 is 1. The van der Waals surface area contributed by atoms with Crippen LogP contribution in [0.3, 0.4) is 0 Å². The summed E-state index contributed by atoms with van der Waals surface area (Å²) in [6, 6.07) is 5.35. The number of rotatable bonds is 5. The number of ether oxygens (including phenoxy) is 1. The van der Waals surface area contributed by atoms with Crippen LogP contribution in [0.4, 0.5) is 16.0 Å². The maximum absolute atomic E-state index is 13.2. The highest BCUT2D eigenvalue weighted by Crippen LogP contribution is 2.35. The minimum Gasteiger partial charge on any atom is -0.495 e. The Bertz CT molecular complexity index is 1290. The van der Waals surface area contributed by atoms with E-state index >= 15 is 0 Å². The topological polar surface area (TPSA) is 106 Å². The number of halogens is 1. The van der Waals surface area contributed by atoms with E-state index < -0.39 is 12.1 Å². The average molecular weight is 407 g/mol. The highest BCUT2D eigenvalue weighted by Gasteiger charge is 2.43. The van der Waals surface area contributed by atoms with Gasteiger partial charge in [-0.1, -0.05) is 0 Å². The quantitative estimate of drug-likeness (QED) is 0.524. The molecular weight excluding hydrogens is 389 g/mol. The molecule has 0 aliphatic heterocycles. The Morgan fingerprint density at radius 3 is 2.83 bits per heavy atom. The molecule has 0 saturated heterocycles. The molecule has 10 heteroatoms. The van der Waals surface area contributed by atoms with Gasteiger partial charge in [0.2, 0.25) is 5.91 Å². The smallest absolute Gasteiger partial charge is 0.231 e. The number of hydrogen-bond donors (Lipinski definition) is 2. The van der Waals surface area contributed by atoms with Crippen LogP contribution in [0.25, 0.3) is 27.8 Å². The molecule has 1 amide bonds. The lowest BCUT2D eigenvalue weighted by atomic mass is 10.1. The lowest BCUT2D eigenvalue weighted by molar-refractivity contribution is -0.117. The van der Waals surface area contributed by atoms with E-state index in [-0.39, 0.29) is 12.3 Å². The number of pyridine rings is 3. The van der Waals surface area contributed by atoms with E-state index in [2.05, 4.69) is 30.7 Å². The predicted molar refractivity (Wildman–Crippen MR) is 109 cm³/mol. The molecule has 4 aromatic heterocycles. The number of alkyl halides is 1. The second kappa shape index (κ2) is 6.90. The Labute approximate surface area is 170 Å². The van der Waals surface area contributed by atoms with Gasteiger partial charge in [0, 0.05) is 35.8 Å². The zero-order chi connectivity index (χ0) is 20.8. The third-order valence-electron chi connectivity index (χ3n) is 5.09. The molecule has 0 bridgehead atoms. The van der Waals surface area contributed by atoms with Crippen molar-refractivity contribution in [1.82, 2.24) is 24.6 Å². The van der Waals surface area contributed by atoms with Gasteiger partial charge in [-0.3, -0.25) is 4.79 Å². The van der Waals surface area contributed by atoms with Crippen molar-refractivity contribution in [2.45, 2.75) is 12.6 Å². The number of amides is 1. The molecule has 0 aromatic carbocycles. The van der Waals surface area contributed by atoms with Gasteiger partial charge in [0.25, 0.3) is 0 Å². The van der Waals surface area contributed by atoms with E-state index in [1.807, 2.05) is 12.1 Å². The molecule has 0 spiro atoms. The number of nitrogens with zero attached hydrogens (tertiary/aromatic N) is 5. The maximum Gasteiger partial charge on any atom is 0.231 e. The summed E-state index contributed by atoms with van der Waals surface area (Å²) in [5, 5.41) is 11.8. The fraction of sp³-hybridized carbons (Fsp3) is 0.250. The van der Waals surface area contributed by atoms with E-state index in [0.29, 0.717) is 34.4 Å². The molecule has 4 heterocycles. The Balaban J connectivity index is 1.61. The molecule has 9 nitrogen and oxygen atoms in total. The predicted octanol–water partition coefficient (Wildman–Crippen LogP) is 2.69. The standard InChI is InChI=1S/C20H18FN7O2/c1-22-18-13-7-23-16(25-20(29)12-5-15(12)21)6-11(13)14(8-24-18)19-26-17-4-3-10(30-2)9-28(17)27-19/h3-4,6-9,12,15H,5H2,1-2H3,(H,22,24)(H,23,25,29)/t12-,15+/m1/s1. The lowest BCUT2D eigenvalue weighted by Crippen LogP contribution is -2.15. The van der Waals surface area contributed by atoms with Crippen LogP contribution in [0.1, 0.15) is 6.42 Å². The fourth-order valence-corrected chi connectivity index (χ4v) is 3.33. The first kappa shape index (κ1) is 18.2. The third kappa shape index (κ3) is 3.06. The number of nitrogens with one attached hydrogen (secondary N) is 2. The second-order valence-corrected chi connectivity index (χ2v) is 7.04. The van der Waals surface area contributed by atoms with Crippen LogP contribution in [0.15, 0.2) is 36.8 Å². The summed E-state index contributed by atoms with van der Waals surface area (Å²) in [4.78, 5) is 25.4. The van der Waals surface area contributed by atoms with E-state index in [1.54, 1.807) is 43.3 Å². The first-order valence-electron chi connectivity index (χ1n) is 9.39. The molecule has 1 aliphatic carbocycles. The summed E-state index contributed by atoms with van der Waals surface area (Å²) in [5.41, 5.74) is 1.33. The number of fused-ring (bicyclic) bond motifs is 2. The van der Waals surface area contributed by atoms with Crippen LogP contribution in [-0.2, 0) is 4.79 Å². The normalized spacial score (nSPS) is 17.8. The van der Waals surface area contributed by atoms with E-state index in [9.17, 15) is 9.18 Å². The summed E-state index contributed by atoms with van der Waals surface area (Å²) in [6.45, 7) is 0. The second-order valence-electron chi connectivity index (χ2n) is 7.04. The molecule has 1 saturated carbocycles. The van der Waals surface area contributed by atoms with Crippen molar-refractivity contribution in [3.05, 3.63) is 36.8 Å². The van der Waals surface area contributed by atoms with E-state index in [0.717, 1.165) is 10.8 Å². The van der Waals surface area contributed by atoms with Crippen LogP contribution < -0.4 is 15.4 Å². The van der Waals surface area contributed by atoms with Gasteiger partial charge < -0.3 is 15.4 Å². The lowest BCUT2D eigenvalue weighted by Gasteiger charge is -2.10. The van der Waals surface area contributed by atoms with Crippen molar-refractivity contribution >= 4 is 34.0 Å². The van der Waals surface area contributed by atoms with Gasteiger partial charge in [-0.15, -0.1) is 5.10 Å². The number of carbonyl (C=O) groups is 1. The molecule has 2 atom stereocenters. The third-order valence-corrected chi connectivity index (χ3v) is 5.09. The Kier molecular flexibility index (Phi) is 4.19. The molecular formula is C20H18FN7O2. The number of carbonyl (C=O) groups excluding carboxylic acids is 1. The summed E-state index contributed by atoms with van der Waals surface area (Å²) in [7, 11) is 3.35. The van der Waals surface area contributed by atoms with Crippen molar-refractivity contribution in [2.75, 3.05) is 24.8 Å². The zero-order valence-electron chi connectivity index (χ0n) is 16.3. The van der Waals surface area contributed by atoms with Gasteiger partial charge in [-0.05, 0) is 24.6 Å². The van der Waals surface area contributed by atoms with Crippen molar-refractivity contribution in [2.24, 2.45) is 5.92 Å². The molecule has 1 aliphatic rings. The highest BCUT2D eigenvalue weighted by atomic mass is 19.1. The summed E-state index contributed by atoms with van der Waals surface area (Å²) >= 11 is 0. The van der Waals surface area contributed by atoms with Crippen LogP contribution in [0.5, 0.6) is 5.75 Å². The van der Waals surface area contributed by atoms with Crippen molar-refractivity contribution in [1.29, 1.82) is 0 Å². The summed E-state index contributed by atoms with van der Waals surface area (Å²) < 4.78 is 20.1. The summed E-state index contributed by atoms with van der Waals surface area (Å²) in [6.07, 6.45) is 4.21. The molecule has 0 unspecified atom stereocenters. The largest absolute Gasteiger partial charge is 0.495 e. The molecule has 4 aromatic rings. The molecule has 1 fully saturated rings. The summed E-state index contributed by atoms with van der Waals surface area (Å²) in [5.74, 6) is 1.15. The van der Waals surface area contributed by atoms with Gasteiger partial charge >= 0.3 is 0 Å². The molecule has 5 rings (SSSR count). The van der Waals surface area contributed by atoms with Crippen LogP contribution in [0, 0.1) is 5.92 Å². The Morgan fingerprint density at radius 1 is 1.27 bits per heavy atom. The van der Waals surface area contributed by atoms with Gasteiger partial charge in [0.1, 0.15) is 23.6 Å². The average Bonchev–Trinajstić information content (AvgIpc) is 3.35. The van der Waals surface area contributed by atoms with Gasteiger partial charge in [0.05, 0.1) is 19.2 Å². The molecule has 2 N–H and O–H groups in total. The van der Waals surface area contributed by atoms with Crippen molar-refractivity contribution < 1.29 is 13.9 Å². The van der Waals surface area contributed by atoms with Gasteiger partial charge in [-0.25, -0.2) is 23.9 Å². The van der Waals surface area contributed by atoms with E-state index in [1.165, 1.54) is 0 Å². The minimum atomic E-state index is -1.07. The Hall–Kier alpha value is -3.82. The zero-order valence-corrected chi connectivity index (χ0v) is 16.3. The molecule has 0 radical (unpaired) electrons. The fourth-order valence-electron chi connectivity index (χ4n) is 3.33. The highest BCUT2D eigenvalue weighted by molar-refractivity contribution is 6.03. The van der Waals surface area contributed by atoms with Crippen molar-refractivity contribution in [3.63, 3.8) is 0 Å². The van der Waals surface area contributed by atoms with Gasteiger partial charge in [0.15, 0.2) is 11.5 Å². The Morgan fingerprint density at radius 2 is 2.10 bits per heavy atom. The monoisotopic (exact) mass is 407 g/mol. The molecule has 30 heavy (non-hydrogen) atoms. The van der Waals surface area contributed by atoms with Crippen LogP contribution in [0.2, 0.25) is 0 Å². The number of anilines is 2.